The molecule has 2 aromatic rings. The zero-order chi connectivity index (χ0) is 11.4. The molecular formula is C13H11O2P. The van der Waals surface area contributed by atoms with Crippen LogP contribution in [0.25, 0.3) is 11.1 Å². The SMILES string of the molecule is Cc1ccccc1-c1ccccc1OP=O. The van der Waals surface area contributed by atoms with Crippen molar-refractivity contribution >= 4 is 8.69 Å². The molecule has 2 rings (SSSR count). The molecule has 0 atom stereocenters. The first-order valence-electron chi connectivity index (χ1n) is 4.97. The van der Waals surface area contributed by atoms with Crippen molar-refractivity contribution in [2.45, 2.75) is 6.92 Å². The standard InChI is InChI=1S/C13H11O2P/c1-10-6-2-3-7-11(10)12-8-4-5-9-13(12)15-16-14/h2-9H,1H3. The number of rotatable bonds is 3. The molecule has 0 spiro atoms. The van der Waals surface area contributed by atoms with Gasteiger partial charge in [-0.3, -0.25) is 0 Å². The maximum atomic E-state index is 10.5. The van der Waals surface area contributed by atoms with Crippen LogP contribution < -0.4 is 4.52 Å². The van der Waals surface area contributed by atoms with Crippen molar-refractivity contribution in [1.29, 1.82) is 0 Å². The molecule has 0 unspecified atom stereocenters. The normalized spacial score (nSPS) is 10.3. The third kappa shape index (κ3) is 2.12. The quantitative estimate of drug-likeness (QED) is 0.737. The van der Waals surface area contributed by atoms with E-state index in [9.17, 15) is 4.57 Å². The van der Waals surface area contributed by atoms with Crippen LogP contribution >= 0.6 is 8.69 Å². The van der Waals surface area contributed by atoms with Gasteiger partial charge < -0.3 is 4.52 Å². The number of hydrogen-bond donors (Lipinski definition) is 0. The lowest BCUT2D eigenvalue weighted by Gasteiger charge is -2.08. The van der Waals surface area contributed by atoms with Gasteiger partial charge >= 0.3 is 8.69 Å². The Kier molecular flexibility index (Phi) is 3.33. The molecule has 2 aromatic carbocycles. The van der Waals surface area contributed by atoms with Gasteiger partial charge in [0.2, 0.25) is 0 Å². The largest absolute Gasteiger partial charge is 0.407 e. The Morgan fingerprint density at radius 2 is 1.56 bits per heavy atom. The summed E-state index contributed by atoms with van der Waals surface area (Å²) in [4.78, 5) is 0. The molecule has 3 heteroatoms. The number of para-hydroxylation sites is 1. The highest BCUT2D eigenvalue weighted by molar-refractivity contribution is 7.17. The molecule has 0 radical (unpaired) electrons. The van der Waals surface area contributed by atoms with E-state index in [4.69, 9.17) is 4.52 Å². The Balaban J connectivity index is 2.55. The summed E-state index contributed by atoms with van der Waals surface area (Å²) in [5.74, 6) is 0.633. The van der Waals surface area contributed by atoms with Crippen LogP contribution in [0.2, 0.25) is 0 Å². The summed E-state index contributed by atoms with van der Waals surface area (Å²) in [6, 6.07) is 15.6. The van der Waals surface area contributed by atoms with Gasteiger partial charge in [-0.15, -0.1) is 0 Å². The Labute approximate surface area is 96.2 Å². The molecule has 0 aliphatic carbocycles. The maximum Gasteiger partial charge on any atom is 0.395 e. The fraction of sp³-hybridized carbons (Fsp3) is 0.0769. The van der Waals surface area contributed by atoms with E-state index in [1.807, 2.05) is 55.5 Å². The first kappa shape index (κ1) is 10.8. The molecule has 0 aliphatic rings. The van der Waals surface area contributed by atoms with E-state index in [-0.39, 0.29) is 8.69 Å². The van der Waals surface area contributed by atoms with Gasteiger partial charge in [0.15, 0.2) is 0 Å². The van der Waals surface area contributed by atoms with Crippen molar-refractivity contribution in [1.82, 2.24) is 0 Å². The second-order valence-corrected chi connectivity index (χ2v) is 3.81. The van der Waals surface area contributed by atoms with Gasteiger partial charge in [0.05, 0.1) is 0 Å². The topological polar surface area (TPSA) is 26.3 Å². The molecule has 16 heavy (non-hydrogen) atoms. The monoisotopic (exact) mass is 230 g/mol. The molecule has 80 valence electrons. The van der Waals surface area contributed by atoms with E-state index < -0.39 is 0 Å². The maximum absolute atomic E-state index is 10.5. The molecule has 0 bridgehead atoms. The highest BCUT2D eigenvalue weighted by Gasteiger charge is 2.07. The number of benzene rings is 2. The van der Waals surface area contributed by atoms with E-state index in [0.29, 0.717) is 5.75 Å². The molecule has 2 nitrogen and oxygen atoms in total. The third-order valence-corrected chi connectivity index (χ3v) is 2.73. The van der Waals surface area contributed by atoms with Gasteiger partial charge in [-0.25, -0.2) is 4.57 Å². The number of hydrogen-bond acceptors (Lipinski definition) is 2. The molecule has 0 saturated heterocycles. The molecule has 0 aliphatic heterocycles. The predicted octanol–water partition coefficient (Wildman–Crippen LogP) is 4.25. The van der Waals surface area contributed by atoms with Crippen LogP contribution in [0, 0.1) is 6.92 Å². The van der Waals surface area contributed by atoms with Gasteiger partial charge in [0.25, 0.3) is 0 Å². The highest BCUT2D eigenvalue weighted by Crippen LogP contribution is 2.33. The van der Waals surface area contributed by atoms with Gasteiger partial charge in [-0.1, -0.05) is 42.5 Å². The zero-order valence-electron chi connectivity index (χ0n) is 8.88. The number of aryl methyl sites for hydroxylation is 1. The second kappa shape index (κ2) is 4.91. The Morgan fingerprint density at radius 3 is 2.25 bits per heavy atom. The van der Waals surface area contributed by atoms with Crippen LogP contribution in [0.15, 0.2) is 48.5 Å². The van der Waals surface area contributed by atoms with Crippen molar-refractivity contribution in [3.05, 3.63) is 54.1 Å². The highest BCUT2D eigenvalue weighted by atomic mass is 31.1. The van der Waals surface area contributed by atoms with E-state index in [1.165, 1.54) is 5.56 Å². The Morgan fingerprint density at radius 1 is 0.938 bits per heavy atom. The molecule has 0 N–H and O–H groups in total. The van der Waals surface area contributed by atoms with Crippen molar-refractivity contribution in [2.24, 2.45) is 0 Å². The minimum absolute atomic E-state index is 0.329. The lowest BCUT2D eigenvalue weighted by molar-refractivity contribution is 0.526. The zero-order valence-corrected chi connectivity index (χ0v) is 9.78. The Bertz CT molecular complexity index is 509. The second-order valence-electron chi connectivity index (χ2n) is 3.48. The van der Waals surface area contributed by atoms with Gasteiger partial charge in [0, 0.05) is 5.56 Å². The van der Waals surface area contributed by atoms with E-state index >= 15 is 0 Å². The summed E-state index contributed by atoms with van der Waals surface area (Å²) in [7, 11) is -0.329. The van der Waals surface area contributed by atoms with Crippen LogP contribution in [0.5, 0.6) is 5.75 Å². The van der Waals surface area contributed by atoms with Crippen LogP contribution in [0.3, 0.4) is 0 Å². The summed E-state index contributed by atoms with van der Waals surface area (Å²) < 4.78 is 15.6. The van der Waals surface area contributed by atoms with E-state index in [2.05, 4.69) is 0 Å². The third-order valence-electron chi connectivity index (χ3n) is 2.46. The minimum atomic E-state index is -0.329. The predicted molar refractivity (Wildman–Crippen MR) is 64.8 cm³/mol. The smallest absolute Gasteiger partial charge is 0.395 e. The molecule has 0 aromatic heterocycles. The first-order chi connectivity index (χ1) is 7.83. The molecule has 0 fully saturated rings. The van der Waals surface area contributed by atoms with Crippen LogP contribution in [-0.4, -0.2) is 0 Å². The molecule has 0 saturated carbocycles. The lowest BCUT2D eigenvalue weighted by Crippen LogP contribution is -1.85. The summed E-state index contributed by atoms with van der Waals surface area (Å²) in [5.41, 5.74) is 3.23. The fourth-order valence-electron chi connectivity index (χ4n) is 1.68. The van der Waals surface area contributed by atoms with Crippen molar-refractivity contribution in [2.75, 3.05) is 0 Å². The summed E-state index contributed by atoms with van der Waals surface area (Å²) in [5, 5.41) is 0. The van der Waals surface area contributed by atoms with Crippen molar-refractivity contribution in [3.8, 4) is 16.9 Å². The van der Waals surface area contributed by atoms with Crippen molar-refractivity contribution in [3.63, 3.8) is 0 Å². The average Bonchev–Trinajstić information content (AvgIpc) is 2.31. The minimum Gasteiger partial charge on any atom is -0.407 e. The summed E-state index contributed by atoms with van der Waals surface area (Å²) in [6.07, 6.45) is 0. The van der Waals surface area contributed by atoms with Gasteiger partial charge in [0.1, 0.15) is 5.75 Å². The molecule has 0 heterocycles. The fourth-order valence-corrected chi connectivity index (χ4v) is 1.92. The van der Waals surface area contributed by atoms with Crippen LogP contribution in [0.1, 0.15) is 5.56 Å². The average molecular weight is 230 g/mol. The summed E-state index contributed by atoms with van der Waals surface area (Å²) >= 11 is 0. The van der Waals surface area contributed by atoms with E-state index in [0.717, 1.165) is 11.1 Å². The van der Waals surface area contributed by atoms with Crippen LogP contribution in [-0.2, 0) is 4.57 Å². The first-order valence-corrected chi connectivity index (χ1v) is 5.70. The molecule has 0 amide bonds. The molecular weight excluding hydrogens is 219 g/mol. The van der Waals surface area contributed by atoms with Gasteiger partial charge in [-0.2, -0.15) is 0 Å². The van der Waals surface area contributed by atoms with Crippen molar-refractivity contribution < 1.29 is 9.09 Å². The summed E-state index contributed by atoms with van der Waals surface area (Å²) in [6.45, 7) is 2.04. The van der Waals surface area contributed by atoms with Crippen LogP contribution in [0.4, 0.5) is 0 Å². The lowest BCUT2D eigenvalue weighted by atomic mass is 10.00. The van der Waals surface area contributed by atoms with E-state index in [1.54, 1.807) is 0 Å². The Hall–Kier alpha value is -1.66. The van der Waals surface area contributed by atoms with Gasteiger partial charge in [-0.05, 0) is 24.1 Å².